The Kier molecular flexibility index (Phi) is 4.41. The normalized spacial score (nSPS) is 20.8. The fourth-order valence-corrected chi connectivity index (χ4v) is 3.42. The van der Waals surface area contributed by atoms with Gasteiger partial charge in [0.1, 0.15) is 5.83 Å². The van der Waals surface area contributed by atoms with Gasteiger partial charge in [-0.25, -0.2) is 4.39 Å². The summed E-state index contributed by atoms with van der Waals surface area (Å²) in [5.41, 5.74) is 3.76. The first-order valence-electron chi connectivity index (χ1n) is 8.33. The zero-order valence-electron chi connectivity index (χ0n) is 13.8. The first-order chi connectivity index (χ1) is 11.3. The second kappa shape index (κ2) is 6.23. The molecule has 0 nitrogen and oxygen atoms in total. The van der Waals surface area contributed by atoms with Gasteiger partial charge in [0.05, 0.1) is 5.56 Å². The Morgan fingerprint density at radius 3 is 2.38 bits per heavy atom. The second-order valence-electron chi connectivity index (χ2n) is 6.36. The predicted octanol–water partition coefficient (Wildman–Crippen LogP) is 6.65. The van der Waals surface area contributed by atoms with Crippen LogP contribution in [0.4, 0.5) is 17.6 Å². The lowest BCUT2D eigenvalue weighted by Gasteiger charge is -2.27. The van der Waals surface area contributed by atoms with Gasteiger partial charge in [-0.05, 0) is 71.7 Å². The van der Waals surface area contributed by atoms with E-state index in [1.54, 1.807) is 12.1 Å². The predicted molar refractivity (Wildman–Crippen MR) is 87.4 cm³/mol. The summed E-state index contributed by atoms with van der Waals surface area (Å²) >= 11 is 0. The molecule has 0 heterocycles. The highest BCUT2D eigenvalue weighted by atomic mass is 19.4. The van der Waals surface area contributed by atoms with Crippen LogP contribution in [-0.2, 0) is 12.6 Å². The van der Waals surface area contributed by atoms with Crippen molar-refractivity contribution < 1.29 is 17.6 Å². The number of allylic oxidation sites excluding steroid dienone is 6. The number of hydrogen-bond acceptors (Lipinski definition) is 0. The molecule has 0 fully saturated rings. The van der Waals surface area contributed by atoms with Gasteiger partial charge in [0.2, 0.25) is 0 Å². The van der Waals surface area contributed by atoms with E-state index in [1.165, 1.54) is 6.07 Å². The highest BCUT2D eigenvalue weighted by molar-refractivity contribution is 5.55. The van der Waals surface area contributed by atoms with E-state index in [0.29, 0.717) is 24.8 Å². The third kappa shape index (κ3) is 3.19. The van der Waals surface area contributed by atoms with Crippen LogP contribution >= 0.6 is 0 Å². The fourth-order valence-electron chi connectivity index (χ4n) is 3.42. The second-order valence-corrected chi connectivity index (χ2v) is 6.36. The third-order valence-corrected chi connectivity index (χ3v) is 4.88. The van der Waals surface area contributed by atoms with Gasteiger partial charge in [0.15, 0.2) is 0 Å². The molecule has 2 aliphatic rings. The smallest absolute Gasteiger partial charge is 0.207 e. The molecule has 1 atom stereocenters. The minimum Gasteiger partial charge on any atom is -0.207 e. The summed E-state index contributed by atoms with van der Waals surface area (Å²) in [7, 11) is 0. The van der Waals surface area contributed by atoms with Crippen LogP contribution in [0.15, 0.2) is 52.9 Å². The monoisotopic (exact) mass is 336 g/mol. The molecule has 0 amide bonds. The molecule has 0 saturated heterocycles. The molecule has 128 valence electrons. The van der Waals surface area contributed by atoms with Crippen LogP contribution in [0.1, 0.15) is 55.7 Å². The molecular weight excluding hydrogens is 316 g/mol. The van der Waals surface area contributed by atoms with Gasteiger partial charge < -0.3 is 0 Å². The van der Waals surface area contributed by atoms with Crippen LogP contribution < -0.4 is 0 Å². The minimum absolute atomic E-state index is 0.0505. The van der Waals surface area contributed by atoms with Gasteiger partial charge in [-0.2, -0.15) is 13.2 Å². The van der Waals surface area contributed by atoms with E-state index in [1.807, 2.05) is 19.9 Å². The Balaban J connectivity index is 2.04. The molecule has 1 unspecified atom stereocenters. The molecule has 0 bridgehead atoms. The lowest BCUT2D eigenvalue weighted by Crippen LogP contribution is -2.13. The molecular formula is C20H20F4. The van der Waals surface area contributed by atoms with Crippen LogP contribution in [0.25, 0.3) is 0 Å². The number of alkyl halides is 3. The average Bonchev–Trinajstić information content (AvgIpc) is 3.38. The molecule has 0 aliphatic heterocycles. The van der Waals surface area contributed by atoms with Crippen molar-refractivity contribution in [3.8, 4) is 0 Å². The Bertz CT molecular complexity index is 747. The van der Waals surface area contributed by atoms with E-state index in [4.69, 9.17) is 0 Å². The van der Waals surface area contributed by atoms with E-state index >= 15 is 0 Å². The molecule has 4 heteroatoms. The Labute approximate surface area is 139 Å². The molecule has 0 radical (unpaired) electrons. The molecule has 3 rings (SSSR count). The number of rotatable bonds is 4. The van der Waals surface area contributed by atoms with Crippen molar-refractivity contribution in [1.82, 2.24) is 0 Å². The standard InChI is InChI=1S/C20H20F4/c1-3-12-9-15(20(22,23)24)7-8-16(12)18-10-13(4-2)19(21)11-17(18)14-5-6-14/h5,7-9,11,18H,3-4,6,10H2,1-2H3. The maximum Gasteiger partial charge on any atom is 0.416 e. The van der Waals surface area contributed by atoms with Gasteiger partial charge >= 0.3 is 6.18 Å². The maximum absolute atomic E-state index is 14.2. The fraction of sp³-hybridized carbons (Fsp3) is 0.400. The molecule has 2 aliphatic carbocycles. The lowest BCUT2D eigenvalue weighted by atomic mass is 9.77. The van der Waals surface area contributed by atoms with Crippen molar-refractivity contribution in [3.63, 3.8) is 0 Å². The SMILES string of the molecule is CCC1=C(F)C=C(C2=CC2)C(c2ccc(C(F)(F)F)cc2CC)C1. The summed E-state index contributed by atoms with van der Waals surface area (Å²) in [6.45, 7) is 3.77. The minimum atomic E-state index is -4.34. The quantitative estimate of drug-likeness (QED) is 0.540. The van der Waals surface area contributed by atoms with E-state index < -0.39 is 11.7 Å². The first-order valence-corrected chi connectivity index (χ1v) is 8.33. The van der Waals surface area contributed by atoms with Crippen molar-refractivity contribution in [2.45, 2.75) is 51.6 Å². The average molecular weight is 336 g/mol. The van der Waals surface area contributed by atoms with Gasteiger partial charge in [-0.15, -0.1) is 0 Å². The number of hydrogen-bond donors (Lipinski definition) is 0. The topological polar surface area (TPSA) is 0 Å². The van der Waals surface area contributed by atoms with Crippen molar-refractivity contribution >= 4 is 0 Å². The Hall–Kier alpha value is -1.84. The van der Waals surface area contributed by atoms with Crippen LogP contribution in [-0.4, -0.2) is 0 Å². The number of benzene rings is 1. The first kappa shape index (κ1) is 17.0. The number of halogens is 4. The zero-order valence-corrected chi connectivity index (χ0v) is 13.8. The molecule has 24 heavy (non-hydrogen) atoms. The molecule has 0 saturated carbocycles. The van der Waals surface area contributed by atoms with Gasteiger partial charge in [-0.1, -0.05) is 26.0 Å². The van der Waals surface area contributed by atoms with Crippen LogP contribution in [0.3, 0.4) is 0 Å². The van der Waals surface area contributed by atoms with Crippen LogP contribution in [0.5, 0.6) is 0 Å². The van der Waals surface area contributed by atoms with E-state index in [0.717, 1.165) is 34.8 Å². The summed E-state index contributed by atoms with van der Waals surface area (Å²) < 4.78 is 53.2. The van der Waals surface area contributed by atoms with Gasteiger partial charge in [0, 0.05) is 5.92 Å². The van der Waals surface area contributed by atoms with Crippen molar-refractivity contribution in [3.05, 3.63) is 69.6 Å². The number of aryl methyl sites for hydroxylation is 1. The van der Waals surface area contributed by atoms with Crippen molar-refractivity contribution in [1.29, 1.82) is 0 Å². The molecule has 0 aromatic heterocycles. The van der Waals surface area contributed by atoms with E-state index in [9.17, 15) is 17.6 Å². The third-order valence-electron chi connectivity index (χ3n) is 4.88. The summed E-state index contributed by atoms with van der Waals surface area (Å²) in [5.74, 6) is -0.230. The largest absolute Gasteiger partial charge is 0.416 e. The lowest BCUT2D eigenvalue weighted by molar-refractivity contribution is -0.137. The summed E-state index contributed by atoms with van der Waals surface area (Å²) in [5, 5.41) is 0. The van der Waals surface area contributed by atoms with Crippen molar-refractivity contribution in [2.24, 2.45) is 0 Å². The highest BCUT2D eigenvalue weighted by Crippen LogP contribution is 2.47. The van der Waals surface area contributed by atoms with E-state index in [-0.39, 0.29) is 11.7 Å². The summed E-state index contributed by atoms with van der Waals surface area (Å²) in [6.07, 6.45) is 1.82. The van der Waals surface area contributed by atoms with E-state index in [2.05, 4.69) is 0 Å². The Morgan fingerprint density at radius 1 is 1.12 bits per heavy atom. The van der Waals surface area contributed by atoms with Crippen LogP contribution in [0, 0.1) is 0 Å². The van der Waals surface area contributed by atoms with Crippen molar-refractivity contribution in [2.75, 3.05) is 0 Å². The highest BCUT2D eigenvalue weighted by Gasteiger charge is 2.33. The summed E-state index contributed by atoms with van der Waals surface area (Å²) in [4.78, 5) is 0. The molecule has 0 N–H and O–H groups in total. The Morgan fingerprint density at radius 2 is 1.83 bits per heavy atom. The molecule has 0 spiro atoms. The maximum atomic E-state index is 14.2. The summed E-state index contributed by atoms with van der Waals surface area (Å²) in [6, 6.07) is 3.97. The van der Waals surface area contributed by atoms with Gasteiger partial charge in [0.25, 0.3) is 0 Å². The zero-order chi connectivity index (χ0) is 17.5. The molecule has 1 aromatic carbocycles. The van der Waals surface area contributed by atoms with Crippen LogP contribution in [0.2, 0.25) is 0 Å². The van der Waals surface area contributed by atoms with Gasteiger partial charge in [-0.3, -0.25) is 0 Å². The molecule has 1 aromatic rings.